The molecule has 8 heteroatoms. The van der Waals surface area contributed by atoms with Crippen molar-refractivity contribution >= 4 is 40.8 Å². The highest BCUT2D eigenvalue weighted by molar-refractivity contribution is 6.42. The highest BCUT2D eigenvalue weighted by Crippen LogP contribution is 2.28. The number of carbonyl (C=O) groups excluding carboxylic acids is 1. The Balaban J connectivity index is 1.84. The van der Waals surface area contributed by atoms with Crippen molar-refractivity contribution in [1.29, 1.82) is 0 Å². The van der Waals surface area contributed by atoms with Gasteiger partial charge in [0.05, 0.1) is 28.2 Å². The average molecular weight is 448 g/mol. The van der Waals surface area contributed by atoms with Crippen molar-refractivity contribution in [1.82, 2.24) is 9.80 Å². The van der Waals surface area contributed by atoms with E-state index in [1.54, 1.807) is 17.0 Å². The zero-order valence-corrected chi connectivity index (χ0v) is 18.5. The van der Waals surface area contributed by atoms with Gasteiger partial charge >= 0.3 is 0 Å². The first-order valence-electron chi connectivity index (χ1n) is 9.95. The molecule has 1 saturated heterocycles. The van der Waals surface area contributed by atoms with Crippen LogP contribution in [0.25, 0.3) is 0 Å². The lowest BCUT2D eigenvalue weighted by molar-refractivity contribution is -0.131. The van der Waals surface area contributed by atoms with Gasteiger partial charge in [0.15, 0.2) is 5.96 Å². The SMILES string of the molecule is CN(C(=O)Cc1ccc(Cl)c(Cl)c1)[C@H](CN1CCCC1)c1cccc(N=C(N)N)c1. The molecule has 1 amide bonds. The van der Waals surface area contributed by atoms with Gasteiger partial charge in [-0.15, -0.1) is 0 Å². The molecule has 0 aromatic heterocycles. The highest BCUT2D eigenvalue weighted by Gasteiger charge is 2.26. The Hall–Kier alpha value is -2.28. The standard InChI is InChI=1S/C22H27Cl2N5O/c1-28(21(30)12-15-7-8-18(23)19(24)11-15)20(14-29-9-2-3-10-29)16-5-4-6-17(13-16)27-22(25)26/h4-8,11,13,20H,2-3,9-10,12,14H2,1H3,(H4,25,26,27)/t20-/m1/s1. The Morgan fingerprint density at radius 2 is 1.87 bits per heavy atom. The van der Waals surface area contributed by atoms with E-state index in [-0.39, 0.29) is 24.3 Å². The number of guanidine groups is 1. The van der Waals surface area contributed by atoms with Crippen LogP contribution in [0.1, 0.15) is 30.0 Å². The van der Waals surface area contributed by atoms with E-state index >= 15 is 0 Å². The number of benzene rings is 2. The van der Waals surface area contributed by atoms with Crippen molar-refractivity contribution in [2.75, 3.05) is 26.7 Å². The molecule has 0 spiro atoms. The number of carbonyl (C=O) groups is 1. The van der Waals surface area contributed by atoms with E-state index in [1.165, 1.54) is 12.8 Å². The van der Waals surface area contributed by atoms with Crippen molar-refractivity contribution in [3.05, 3.63) is 63.6 Å². The first-order valence-corrected chi connectivity index (χ1v) is 10.7. The third-order valence-electron chi connectivity index (χ3n) is 5.34. The summed E-state index contributed by atoms with van der Waals surface area (Å²) >= 11 is 12.1. The lowest BCUT2D eigenvalue weighted by Gasteiger charge is -2.32. The van der Waals surface area contributed by atoms with Crippen molar-refractivity contribution < 1.29 is 4.79 Å². The number of likely N-dealkylation sites (tertiary alicyclic amines) is 1. The maximum absolute atomic E-state index is 13.1. The Morgan fingerprint density at radius 3 is 2.53 bits per heavy atom. The van der Waals surface area contributed by atoms with Crippen LogP contribution in [0.5, 0.6) is 0 Å². The van der Waals surface area contributed by atoms with Crippen molar-refractivity contribution in [2.45, 2.75) is 25.3 Å². The van der Waals surface area contributed by atoms with Crippen LogP contribution in [-0.2, 0) is 11.2 Å². The number of halogens is 2. The lowest BCUT2D eigenvalue weighted by Crippen LogP contribution is -2.39. The maximum atomic E-state index is 13.1. The maximum Gasteiger partial charge on any atom is 0.227 e. The summed E-state index contributed by atoms with van der Waals surface area (Å²) in [6.07, 6.45) is 2.61. The second-order valence-electron chi connectivity index (χ2n) is 7.59. The molecule has 1 fully saturated rings. The van der Waals surface area contributed by atoms with E-state index in [1.807, 2.05) is 37.4 Å². The molecule has 1 aliphatic heterocycles. The molecule has 0 radical (unpaired) electrons. The van der Waals surface area contributed by atoms with Gasteiger partial charge in [0.2, 0.25) is 5.91 Å². The van der Waals surface area contributed by atoms with Crippen molar-refractivity contribution in [3.8, 4) is 0 Å². The number of rotatable bonds is 7. The smallest absolute Gasteiger partial charge is 0.227 e. The monoisotopic (exact) mass is 447 g/mol. The number of hydrogen-bond donors (Lipinski definition) is 2. The molecule has 0 aliphatic carbocycles. The normalized spacial score (nSPS) is 15.0. The molecule has 6 nitrogen and oxygen atoms in total. The summed E-state index contributed by atoms with van der Waals surface area (Å²) in [5, 5.41) is 0.924. The van der Waals surface area contributed by atoms with Gasteiger partial charge in [-0.3, -0.25) is 4.79 Å². The van der Waals surface area contributed by atoms with Crippen molar-refractivity contribution in [2.24, 2.45) is 16.5 Å². The van der Waals surface area contributed by atoms with E-state index in [4.69, 9.17) is 34.7 Å². The van der Waals surface area contributed by atoms with Gasteiger partial charge in [-0.25, -0.2) is 4.99 Å². The molecule has 30 heavy (non-hydrogen) atoms. The predicted molar refractivity (Wildman–Crippen MR) is 123 cm³/mol. The fraction of sp³-hybridized carbons (Fsp3) is 0.364. The quantitative estimate of drug-likeness (QED) is 0.499. The van der Waals surface area contributed by atoms with Crippen LogP contribution in [-0.4, -0.2) is 48.3 Å². The van der Waals surface area contributed by atoms with Gasteiger partial charge in [0.25, 0.3) is 0 Å². The topological polar surface area (TPSA) is 88.0 Å². The second kappa shape index (κ2) is 10.2. The lowest BCUT2D eigenvalue weighted by atomic mass is 10.0. The highest BCUT2D eigenvalue weighted by atomic mass is 35.5. The average Bonchev–Trinajstić information content (AvgIpc) is 3.21. The minimum Gasteiger partial charge on any atom is -0.370 e. The Labute approximate surface area is 187 Å². The summed E-state index contributed by atoms with van der Waals surface area (Å²) < 4.78 is 0. The van der Waals surface area contributed by atoms with Gasteiger partial charge in [-0.2, -0.15) is 0 Å². The number of amides is 1. The summed E-state index contributed by atoms with van der Waals surface area (Å²) in [4.78, 5) is 21.5. The molecule has 160 valence electrons. The predicted octanol–water partition coefficient (Wildman–Crippen LogP) is 3.74. The van der Waals surface area contributed by atoms with E-state index < -0.39 is 0 Å². The molecule has 1 atom stereocenters. The molecule has 3 rings (SSSR count). The molecule has 0 saturated carbocycles. The van der Waals surface area contributed by atoms with E-state index in [2.05, 4.69) is 9.89 Å². The summed E-state index contributed by atoms with van der Waals surface area (Å²) in [5.74, 6) is 0.0112. The number of likely N-dealkylation sites (N-methyl/N-ethyl adjacent to an activating group) is 1. The molecule has 0 bridgehead atoms. The Kier molecular flexibility index (Phi) is 7.58. The van der Waals surface area contributed by atoms with E-state index in [9.17, 15) is 4.79 Å². The zero-order chi connectivity index (χ0) is 21.7. The fourth-order valence-corrected chi connectivity index (χ4v) is 4.06. The second-order valence-corrected chi connectivity index (χ2v) is 8.40. The van der Waals surface area contributed by atoms with Gasteiger partial charge in [-0.05, 0) is 61.3 Å². The third-order valence-corrected chi connectivity index (χ3v) is 6.08. The van der Waals surface area contributed by atoms with E-state index in [0.29, 0.717) is 15.7 Å². The molecule has 2 aromatic carbocycles. The van der Waals surface area contributed by atoms with Crippen LogP contribution in [0, 0.1) is 0 Å². The first-order chi connectivity index (χ1) is 14.3. The largest absolute Gasteiger partial charge is 0.370 e. The minimum absolute atomic E-state index is 0.00447. The molecule has 0 unspecified atom stereocenters. The van der Waals surface area contributed by atoms with Crippen LogP contribution >= 0.6 is 23.2 Å². The number of nitrogens with zero attached hydrogens (tertiary/aromatic N) is 3. The zero-order valence-electron chi connectivity index (χ0n) is 17.0. The van der Waals surface area contributed by atoms with Gasteiger partial charge in [0, 0.05) is 13.6 Å². The van der Waals surface area contributed by atoms with Crippen LogP contribution < -0.4 is 11.5 Å². The van der Waals surface area contributed by atoms with E-state index in [0.717, 1.165) is 30.8 Å². The van der Waals surface area contributed by atoms with Crippen molar-refractivity contribution in [3.63, 3.8) is 0 Å². The molecular weight excluding hydrogens is 421 g/mol. The summed E-state index contributed by atoms with van der Waals surface area (Å²) in [6.45, 7) is 2.84. The molecule has 4 N–H and O–H groups in total. The number of aliphatic imine (C=N–C) groups is 1. The molecular formula is C22H27Cl2N5O. The molecule has 2 aromatic rings. The summed E-state index contributed by atoms with van der Waals surface area (Å²) in [6, 6.07) is 12.9. The molecule has 1 aliphatic rings. The van der Waals surface area contributed by atoms with Gasteiger partial charge in [-0.1, -0.05) is 41.4 Å². The first kappa shape index (κ1) is 22.4. The fourth-order valence-electron chi connectivity index (χ4n) is 3.73. The number of hydrogen-bond acceptors (Lipinski definition) is 3. The summed E-state index contributed by atoms with van der Waals surface area (Å²) in [5.41, 5.74) is 13.6. The van der Waals surface area contributed by atoms with Crippen LogP contribution in [0.4, 0.5) is 5.69 Å². The Bertz CT molecular complexity index is 923. The van der Waals surface area contributed by atoms with Crippen LogP contribution in [0.2, 0.25) is 10.0 Å². The van der Waals surface area contributed by atoms with Crippen LogP contribution in [0.3, 0.4) is 0 Å². The number of nitrogens with two attached hydrogens (primary N) is 2. The summed E-state index contributed by atoms with van der Waals surface area (Å²) in [7, 11) is 1.84. The Morgan fingerprint density at radius 1 is 1.13 bits per heavy atom. The third kappa shape index (κ3) is 5.88. The minimum atomic E-state index is -0.118. The van der Waals surface area contributed by atoms with Crippen LogP contribution in [0.15, 0.2) is 47.5 Å². The van der Waals surface area contributed by atoms with Gasteiger partial charge < -0.3 is 21.3 Å². The molecule has 1 heterocycles. The van der Waals surface area contributed by atoms with Gasteiger partial charge in [0.1, 0.15) is 0 Å².